The van der Waals surface area contributed by atoms with Crippen molar-refractivity contribution in [2.75, 3.05) is 0 Å². The number of rotatable bonds is 1. The monoisotopic (exact) mass is 251 g/mol. The van der Waals surface area contributed by atoms with Gasteiger partial charge in [0.2, 0.25) is 5.56 Å². The standard InChI is InChI=1S/C6H3BrClNO3/c7-2-1-3(10)9-5(8)4(2)6(11)12/h1H,(H,9,10)(H,11,12). The number of hydrogen-bond acceptors (Lipinski definition) is 2. The van der Waals surface area contributed by atoms with Gasteiger partial charge in [-0.15, -0.1) is 0 Å². The first-order valence-electron chi connectivity index (χ1n) is 2.84. The lowest BCUT2D eigenvalue weighted by atomic mass is 10.3. The van der Waals surface area contributed by atoms with Crippen LogP contribution in [-0.4, -0.2) is 16.1 Å². The molecule has 1 heterocycles. The van der Waals surface area contributed by atoms with E-state index in [-0.39, 0.29) is 15.2 Å². The van der Waals surface area contributed by atoms with Crippen LogP contribution in [0.4, 0.5) is 0 Å². The number of aromatic carboxylic acids is 1. The molecule has 0 amide bonds. The van der Waals surface area contributed by atoms with Crippen LogP contribution in [0.15, 0.2) is 15.3 Å². The number of aromatic amines is 1. The van der Waals surface area contributed by atoms with Gasteiger partial charge in [0.15, 0.2) is 0 Å². The Labute approximate surface area is 80.3 Å². The van der Waals surface area contributed by atoms with Crippen LogP contribution in [-0.2, 0) is 0 Å². The van der Waals surface area contributed by atoms with Gasteiger partial charge in [-0.05, 0) is 15.9 Å². The third kappa shape index (κ3) is 1.67. The summed E-state index contributed by atoms with van der Waals surface area (Å²) in [5, 5.41) is 8.42. The Kier molecular flexibility index (Phi) is 2.54. The number of carbonyl (C=O) groups is 1. The van der Waals surface area contributed by atoms with Gasteiger partial charge in [-0.25, -0.2) is 4.79 Å². The van der Waals surface area contributed by atoms with Gasteiger partial charge in [0.1, 0.15) is 10.7 Å². The highest BCUT2D eigenvalue weighted by atomic mass is 79.9. The Morgan fingerprint density at radius 1 is 1.67 bits per heavy atom. The number of pyridine rings is 1. The molecule has 1 aromatic rings. The average Bonchev–Trinajstić information content (AvgIpc) is 1.82. The minimum atomic E-state index is -1.19. The van der Waals surface area contributed by atoms with Crippen LogP contribution in [0.1, 0.15) is 10.4 Å². The molecule has 1 rings (SSSR count). The Balaban J connectivity index is 3.48. The van der Waals surface area contributed by atoms with Crippen LogP contribution in [0.3, 0.4) is 0 Å². The zero-order valence-electron chi connectivity index (χ0n) is 5.60. The van der Waals surface area contributed by atoms with E-state index in [9.17, 15) is 9.59 Å². The van der Waals surface area contributed by atoms with E-state index in [4.69, 9.17) is 16.7 Å². The molecule has 64 valence electrons. The molecule has 12 heavy (non-hydrogen) atoms. The molecule has 0 saturated heterocycles. The Morgan fingerprint density at radius 3 is 2.67 bits per heavy atom. The summed E-state index contributed by atoms with van der Waals surface area (Å²) in [4.78, 5) is 23.4. The third-order valence-electron chi connectivity index (χ3n) is 1.16. The molecule has 1 aromatic heterocycles. The van der Waals surface area contributed by atoms with Crippen molar-refractivity contribution in [3.8, 4) is 0 Å². The first kappa shape index (κ1) is 9.28. The molecule has 0 aliphatic rings. The molecular weight excluding hydrogens is 249 g/mol. The fourth-order valence-electron chi connectivity index (χ4n) is 0.695. The summed E-state index contributed by atoms with van der Waals surface area (Å²) in [7, 11) is 0. The number of aromatic nitrogens is 1. The lowest BCUT2D eigenvalue weighted by molar-refractivity contribution is 0.0695. The van der Waals surface area contributed by atoms with E-state index >= 15 is 0 Å². The molecule has 0 unspecified atom stereocenters. The van der Waals surface area contributed by atoms with Crippen LogP contribution in [0.5, 0.6) is 0 Å². The van der Waals surface area contributed by atoms with Crippen molar-refractivity contribution in [2.45, 2.75) is 0 Å². The molecule has 0 aromatic carbocycles. The Hall–Kier alpha value is -0.810. The molecule has 0 aliphatic carbocycles. The average molecular weight is 252 g/mol. The summed E-state index contributed by atoms with van der Waals surface area (Å²) in [6, 6.07) is 1.11. The van der Waals surface area contributed by atoms with Crippen molar-refractivity contribution in [1.82, 2.24) is 4.98 Å². The largest absolute Gasteiger partial charge is 0.478 e. The lowest BCUT2D eigenvalue weighted by Crippen LogP contribution is -2.10. The molecule has 0 aliphatic heterocycles. The van der Waals surface area contributed by atoms with E-state index in [2.05, 4.69) is 20.9 Å². The normalized spacial score (nSPS) is 9.83. The molecule has 0 bridgehead atoms. The highest BCUT2D eigenvalue weighted by Crippen LogP contribution is 2.20. The smallest absolute Gasteiger partial charge is 0.339 e. The predicted octanol–water partition coefficient (Wildman–Crippen LogP) is 1.49. The van der Waals surface area contributed by atoms with Crippen LogP contribution in [0.2, 0.25) is 5.15 Å². The number of hydrogen-bond donors (Lipinski definition) is 2. The van der Waals surface area contributed by atoms with E-state index in [0.717, 1.165) is 6.07 Å². The van der Waals surface area contributed by atoms with Gasteiger partial charge in [0, 0.05) is 10.5 Å². The van der Waals surface area contributed by atoms with Crippen molar-refractivity contribution < 1.29 is 9.90 Å². The number of halogens is 2. The fraction of sp³-hybridized carbons (Fsp3) is 0. The Bertz CT molecular complexity index is 361. The highest BCUT2D eigenvalue weighted by molar-refractivity contribution is 9.10. The van der Waals surface area contributed by atoms with Gasteiger partial charge in [-0.2, -0.15) is 0 Å². The predicted molar refractivity (Wildman–Crippen MR) is 46.7 cm³/mol. The van der Waals surface area contributed by atoms with Gasteiger partial charge in [0.25, 0.3) is 0 Å². The molecule has 4 nitrogen and oxygen atoms in total. The molecule has 0 fully saturated rings. The van der Waals surface area contributed by atoms with Crippen LogP contribution in [0, 0.1) is 0 Å². The molecule has 6 heteroatoms. The SMILES string of the molecule is O=C(O)c1c(Br)cc(=O)[nH]c1Cl. The minimum absolute atomic E-state index is 0.142. The van der Waals surface area contributed by atoms with E-state index in [1.807, 2.05) is 0 Å². The van der Waals surface area contributed by atoms with Crippen molar-refractivity contribution in [2.24, 2.45) is 0 Å². The summed E-state index contributed by atoms with van der Waals surface area (Å²) >= 11 is 8.38. The lowest BCUT2D eigenvalue weighted by Gasteiger charge is -1.99. The number of carboxylic acid groups (broad SMARTS) is 1. The number of H-pyrrole nitrogens is 1. The quantitative estimate of drug-likeness (QED) is 0.744. The van der Waals surface area contributed by atoms with E-state index in [1.165, 1.54) is 0 Å². The maximum absolute atomic E-state index is 10.7. The fourth-order valence-corrected chi connectivity index (χ4v) is 1.66. The van der Waals surface area contributed by atoms with Crippen molar-refractivity contribution in [1.29, 1.82) is 0 Å². The van der Waals surface area contributed by atoms with Crippen LogP contribution in [0.25, 0.3) is 0 Å². The minimum Gasteiger partial charge on any atom is -0.478 e. The van der Waals surface area contributed by atoms with Crippen LogP contribution >= 0.6 is 27.5 Å². The summed E-state index contributed by atoms with van der Waals surface area (Å²) in [5.74, 6) is -1.19. The number of nitrogens with one attached hydrogen (secondary N) is 1. The molecule has 0 spiro atoms. The third-order valence-corrected chi connectivity index (χ3v) is 2.07. The van der Waals surface area contributed by atoms with E-state index in [0.29, 0.717) is 0 Å². The second kappa shape index (κ2) is 3.28. The topological polar surface area (TPSA) is 70.2 Å². The van der Waals surface area contributed by atoms with Gasteiger partial charge in [0.05, 0.1) is 0 Å². The molecule has 2 N–H and O–H groups in total. The first-order valence-corrected chi connectivity index (χ1v) is 4.01. The van der Waals surface area contributed by atoms with Gasteiger partial charge >= 0.3 is 5.97 Å². The van der Waals surface area contributed by atoms with Gasteiger partial charge in [-0.3, -0.25) is 4.79 Å². The second-order valence-corrected chi connectivity index (χ2v) is 3.21. The van der Waals surface area contributed by atoms with Crippen molar-refractivity contribution in [3.05, 3.63) is 31.6 Å². The zero-order valence-corrected chi connectivity index (χ0v) is 7.94. The van der Waals surface area contributed by atoms with E-state index < -0.39 is 11.5 Å². The highest BCUT2D eigenvalue weighted by Gasteiger charge is 2.13. The van der Waals surface area contributed by atoms with Gasteiger partial charge in [-0.1, -0.05) is 11.6 Å². The first-order chi connectivity index (χ1) is 5.52. The summed E-state index contributed by atoms with van der Waals surface area (Å²) in [5.41, 5.74) is -0.590. The van der Waals surface area contributed by atoms with Crippen molar-refractivity contribution in [3.63, 3.8) is 0 Å². The summed E-state index contributed by atoms with van der Waals surface area (Å²) < 4.78 is 0.170. The summed E-state index contributed by atoms with van der Waals surface area (Å²) in [6.07, 6.45) is 0. The summed E-state index contributed by atoms with van der Waals surface area (Å²) in [6.45, 7) is 0. The van der Waals surface area contributed by atoms with Gasteiger partial charge < -0.3 is 10.1 Å². The molecule has 0 radical (unpaired) electrons. The molecule has 0 saturated carbocycles. The van der Waals surface area contributed by atoms with Crippen molar-refractivity contribution >= 4 is 33.5 Å². The van der Waals surface area contributed by atoms with Crippen LogP contribution < -0.4 is 5.56 Å². The molecular formula is C6H3BrClNO3. The molecule has 0 atom stereocenters. The zero-order chi connectivity index (χ0) is 9.30. The van der Waals surface area contributed by atoms with E-state index in [1.54, 1.807) is 0 Å². The Morgan fingerprint density at radius 2 is 2.25 bits per heavy atom. The number of carboxylic acids is 1. The maximum Gasteiger partial charge on any atom is 0.339 e. The second-order valence-electron chi connectivity index (χ2n) is 1.98. The maximum atomic E-state index is 10.7.